The lowest BCUT2D eigenvalue weighted by atomic mass is 9.80. The maximum absolute atomic E-state index is 13.3. The van der Waals surface area contributed by atoms with Gasteiger partial charge in [0.05, 0.1) is 25.0 Å². The molecule has 220 valence electrons. The highest BCUT2D eigenvalue weighted by Gasteiger charge is 2.32. The van der Waals surface area contributed by atoms with Crippen molar-refractivity contribution in [2.75, 3.05) is 19.8 Å². The monoisotopic (exact) mass is 560 g/mol. The maximum atomic E-state index is 13.3. The lowest BCUT2D eigenvalue weighted by molar-refractivity contribution is -0.120. The highest BCUT2D eigenvalue weighted by Crippen LogP contribution is 2.30. The van der Waals surface area contributed by atoms with Gasteiger partial charge >= 0.3 is 6.09 Å². The summed E-state index contributed by atoms with van der Waals surface area (Å²) in [7, 11) is 0. The molecule has 0 spiro atoms. The van der Waals surface area contributed by atoms with Crippen LogP contribution >= 0.6 is 0 Å². The Kier molecular flexibility index (Phi) is 12.2. The van der Waals surface area contributed by atoms with E-state index < -0.39 is 66.7 Å². The number of carbonyl (C=O) groups excluding carboxylic acids is 4. The number of fused-ring (bicyclic) bond motifs is 2. The second-order valence-corrected chi connectivity index (χ2v) is 10.5. The van der Waals surface area contributed by atoms with Crippen molar-refractivity contribution >= 4 is 23.6 Å². The van der Waals surface area contributed by atoms with Crippen molar-refractivity contribution in [2.24, 2.45) is 29.4 Å². The van der Waals surface area contributed by atoms with Gasteiger partial charge in [-0.1, -0.05) is 38.2 Å². The molecule has 6 atom stereocenters. The average molecular weight is 561 g/mol. The third-order valence-corrected chi connectivity index (χ3v) is 7.26. The number of hydrogen-bond donors (Lipinski definition) is 6. The molecule has 1 heterocycles. The molecule has 0 aromatic heterocycles. The van der Waals surface area contributed by atoms with Crippen molar-refractivity contribution in [2.45, 2.75) is 52.7 Å². The molecule has 40 heavy (non-hydrogen) atoms. The Hall–Kier alpha value is -3.38. The van der Waals surface area contributed by atoms with Gasteiger partial charge in [-0.05, 0) is 38.2 Å². The number of nitrogens with one attached hydrogen (secondary N) is 1. The van der Waals surface area contributed by atoms with Crippen LogP contribution in [0, 0.1) is 23.7 Å². The first-order valence-electron chi connectivity index (χ1n) is 13.2. The summed E-state index contributed by atoms with van der Waals surface area (Å²) in [6.45, 7) is 5.23. The third-order valence-electron chi connectivity index (χ3n) is 7.26. The SMILES string of the molecule is CC1=CC=C[C@H](CO)[C@@H](OC(N)=O)C(C)=C[C@H](C)[C@@H](O)[C@@H](CO)C[C@H](C)CC2=C(CO)C(=O)C=C(NC1=O)C2=O. The summed E-state index contributed by atoms with van der Waals surface area (Å²) in [4.78, 5) is 50.4. The zero-order valence-electron chi connectivity index (χ0n) is 23.3. The summed E-state index contributed by atoms with van der Waals surface area (Å²) >= 11 is 0. The molecule has 11 nitrogen and oxygen atoms in total. The van der Waals surface area contributed by atoms with Gasteiger partial charge in [-0.15, -0.1) is 0 Å². The van der Waals surface area contributed by atoms with E-state index in [-0.39, 0.29) is 47.8 Å². The highest BCUT2D eigenvalue weighted by molar-refractivity contribution is 6.23. The maximum Gasteiger partial charge on any atom is 0.405 e. The van der Waals surface area contributed by atoms with E-state index in [4.69, 9.17) is 10.5 Å². The van der Waals surface area contributed by atoms with Gasteiger partial charge in [-0.2, -0.15) is 0 Å². The van der Waals surface area contributed by atoms with E-state index in [9.17, 15) is 39.6 Å². The Morgan fingerprint density at radius 3 is 2.38 bits per heavy atom. The summed E-state index contributed by atoms with van der Waals surface area (Å²) in [6.07, 6.45) is 4.38. The summed E-state index contributed by atoms with van der Waals surface area (Å²) in [5.41, 5.74) is 5.76. The van der Waals surface area contributed by atoms with Gasteiger partial charge in [0.25, 0.3) is 5.91 Å². The van der Waals surface area contributed by atoms with E-state index in [2.05, 4.69) is 5.32 Å². The van der Waals surface area contributed by atoms with E-state index >= 15 is 0 Å². The molecule has 0 aromatic carbocycles. The predicted molar refractivity (Wildman–Crippen MR) is 146 cm³/mol. The second-order valence-electron chi connectivity index (χ2n) is 10.5. The van der Waals surface area contributed by atoms with Crippen LogP contribution in [0.4, 0.5) is 4.79 Å². The van der Waals surface area contributed by atoms with Crippen LogP contribution < -0.4 is 11.1 Å². The fourth-order valence-electron chi connectivity index (χ4n) is 5.06. The van der Waals surface area contributed by atoms with Gasteiger partial charge in [0.1, 0.15) is 6.10 Å². The van der Waals surface area contributed by atoms with Gasteiger partial charge in [0.15, 0.2) is 5.78 Å². The van der Waals surface area contributed by atoms with Gasteiger partial charge in [-0.25, -0.2) is 4.79 Å². The number of aliphatic hydroxyl groups excluding tert-OH is 4. The number of ether oxygens (including phenoxy) is 1. The first-order valence-corrected chi connectivity index (χ1v) is 13.2. The lowest BCUT2D eigenvalue weighted by Crippen LogP contribution is -2.34. The van der Waals surface area contributed by atoms with E-state index in [1.54, 1.807) is 26.8 Å². The minimum atomic E-state index is -1.06. The van der Waals surface area contributed by atoms with Crippen LogP contribution in [0.2, 0.25) is 0 Å². The summed E-state index contributed by atoms with van der Waals surface area (Å²) < 4.78 is 5.28. The molecule has 2 rings (SSSR count). The number of nitrogens with two attached hydrogens (primary N) is 1. The zero-order chi connectivity index (χ0) is 30.1. The fraction of sp³-hybridized carbons (Fsp3) is 0.517. The van der Waals surface area contributed by atoms with Crippen LogP contribution in [-0.2, 0) is 19.1 Å². The molecule has 0 saturated carbocycles. The van der Waals surface area contributed by atoms with Crippen molar-refractivity contribution < 1.29 is 44.3 Å². The van der Waals surface area contributed by atoms with Gasteiger partial charge < -0.3 is 36.2 Å². The molecular weight excluding hydrogens is 520 g/mol. The van der Waals surface area contributed by atoms with Crippen molar-refractivity contribution in [3.8, 4) is 0 Å². The number of ketones is 2. The first-order chi connectivity index (χ1) is 18.8. The second kappa shape index (κ2) is 14.8. The number of aliphatic hydroxyl groups is 4. The van der Waals surface area contributed by atoms with Gasteiger partial charge in [0, 0.05) is 47.2 Å². The van der Waals surface area contributed by atoms with Gasteiger partial charge in [-0.3, -0.25) is 14.4 Å². The molecule has 11 heteroatoms. The van der Waals surface area contributed by atoms with E-state index in [1.807, 2.05) is 0 Å². The molecule has 2 bridgehead atoms. The molecule has 0 fully saturated rings. The van der Waals surface area contributed by atoms with Crippen LogP contribution in [0.25, 0.3) is 0 Å². The number of allylic oxidation sites excluding steroid dienone is 4. The number of amides is 2. The molecular formula is C29H40N2O9. The lowest BCUT2D eigenvalue weighted by Gasteiger charge is -2.29. The number of Topliss-reactive ketones (excluding diaryl/α,β-unsaturated/α-hetero) is 1. The van der Waals surface area contributed by atoms with Crippen LogP contribution in [0.5, 0.6) is 0 Å². The quantitative estimate of drug-likeness (QED) is 0.214. The average Bonchev–Trinajstić information content (AvgIpc) is 2.90. The first kappa shape index (κ1) is 32.8. The Morgan fingerprint density at radius 2 is 1.80 bits per heavy atom. The molecule has 1 aliphatic heterocycles. The Morgan fingerprint density at radius 1 is 1.12 bits per heavy atom. The van der Waals surface area contributed by atoms with E-state index in [0.717, 1.165) is 6.08 Å². The molecule has 0 unspecified atom stereocenters. The zero-order valence-corrected chi connectivity index (χ0v) is 23.3. The fourth-order valence-corrected chi connectivity index (χ4v) is 5.06. The number of rotatable bonds is 4. The normalized spacial score (nSPS) is 29.4. The summed E-state index contributed by atoms with van der Waals surface area (Å²) in [5.74, 6) is -4.01. The molecule has 1 aliphatic carbocycles. The van der Waals surface area contributed by atoms with Crippen LogP contribution in [0.15, 0.2) is 58.4 Å². The minimum absolute atomic E-state index is 0.0560. The largest absolute Gasteiger partial charge is 0.441 e. The Labute approximate surface area is 233 Å². The van der Waals surface area contributed by atoms with Crippen molar-refractivity contribution in [3.63, 3.8) is 0 Å². The van der Waals surface area contributed by atoms with Crippen molar-refractivity contribution in [1.29, 1.82) is 0 Å². The molecule has 2 amide bonds. The molecule has 7 N–H and O–H groups in total. The molecule has 0 aromatic rings. The Balaban J connectivity index is 2.60. The van der Waals surface area contributed by atoms with Crippen molar-refractivity contribution in [3.05, 3.63) is 58.4 Å². The van der Waals surface area contributed by atoms with Crippen LogP contribution in [-0.4, -0.2) is 76.0 Å². The smallest absolute Gasteiger partial charge is 0.405 e. The third kappa shape index (κ3) is 8.31. The van der Waals surface area contributed by atoms with Crippen LogP contribution in [0.1, 0.15) is 40.5 Å². The highest BCUT2D eigenvalue weighted by atomic mass is 16.6. The standard InChI is InChI=1S/C29H40N2O9/c1-15-8-20(13-33)25(36)17(3)10-18(4)27(40-29(30)39)19(12-32)7-5-6-16(2)28(38)31-23-11-24(35)22(14-34)21(9-15)26(23)37/h5-7,10-11,15,17,19-20,25,27,32-34,36H,8-9,12-14H2,1-4H3,(H2,30,39)(H,31,38)/t15-,17-,19+,20+,25+,27-/m0/s1. The van der Waals surface area contributed by atoms with E-state index in [1.165, 1.54) is 25.2 Å². The van der Waals surface area contributed by atoms with Crippen LogP contribution in [0.3, 0.4) is 0 Å². The summed E-state index contributed by atoms with van der Waals surface area (Å²) in [6, 6.07) is 0. The predicted octanol–water partition coefficient (Wildman–Crippen LogP) is 0.984. The number of hydrogen-bond acceptors (Lipinski definition) is 9. The summed E-state index contributed by atoms with van der Waals surface area (Å²) in [5, 5.41) is 43.5. The van der Waals surface area contributed by atoms with Gasteiger partial charge in [0.2, 0.25) is 5.78 Å². The molecule has 0 radical (unpaired) electrons. The molecule has 2 aliphatic rings. The van der Waals surface area contributed by atoms with E-state index in [0.29, 0.717) is 5.57 Å². The van der Waals surface area contributed by atoms with Crippen molar-refractivity contribution in [1.82, 2.24) is 5.32 Å². The number of carbonyl (C=O) groups is 4. The minimum Gasteiger partial charge on any atom is -0.441 e. The topological polar surface area (TPSA) is 196 Å². The molecule has 0 saturated heterocycles. The number of primary amides is 1. The Bertz CT molecular complexity index is 1150.